The van der Waals surface area contributed by atoms with Crippen LogP contribution in [0, 0.1) is 12.7 Å². The van der Waals surface area contributed by atoms with Crippen LogP contribution in [0.5, 0.6) is 0 Å². The van der Waals surface area contributed by atoms with Crippen LogP contribution in [0.4, 0.5) is 10.1 Å². The second-order valence-electron chi connectivity index (χ2n) is 3.93. The van der Waals surface area contributed by atoms with Crippen LogP contribution in [0.1, 0.15) is 18.4 Å². The molecule has 18 heavy (non-hydrogen) atoms. The van der Waals surface area contributed by atoms with Gasteiger partial charge in [0.25, 0.3) is 0 Å². The highest BCUT2D eigenvalue weighted by Crippen LogP contribution is 2.25. The molecule has 0 amide bonds. The molecule has 0 saturated heterocycles. The van der Waals surface area contributed by atoms with Crippen LogP contribution in [0.15, 0.2) is 16.6 Å². The molecular weight excluding hydrogens is 325 g/mol. The van der Waals surface area contributed by atoms with Crippen LogP contribution >= 0.6 is 15.9 Å². The van der Waals surface area contributed by atoms with Gasteiger partial charge in [-0.25, -0.2) is 12.8 Å². The molecule has 0 radical (unpaired) electrons. The van der Waals surface area contributed by atoms with E-state index in [0.29, 0.717) is 24.1 Å². The minimum absolute atomic E-state index is 0.0311. The zero-order valence-corrected chi connectivity index (χ0v) is 12.3. The maximum atomic E-state index is 13.2. The van der Waals surface area contributed by atoms with Crippen LogP contribution in [0.3, 0.4) is 0 Å². The molecule has 2 N–H and O–H groups in total. The van der Waals surface area contributed by atoms with Gasteiger partial charge in [0, 0.05) is 6.61 Å². The molecule has 0 spiro atoms. The van der Waals surface area contributed by atoms with Crippen molar-refractivity contribution < 1.29 is 17.9 Å². The Hall–Kier alpha value is -0.660. The molecule has 0 aliphatic carbocycles. The Morgan fingerprint density at radius 2 is 2.06 bits per heavy atom. The molecular formula is C11H15BrFNO3S. The van der Waals surface area contributed by atoms with E-state index in [1.807, 2.05) is 0 Å². The first-order chi connectivity index (χ1) is 8.35. The van der Waals surface area contributed by atoms with Gasteiger partial charge >= 0.3 is 0 Å². The van der Waals surface area contributed by atoms with Crippen molar-refractivity contribution in [2.45, 2.75) is 19.8 Å². The van der Waals surface area contributed by atoms with Crippen LogP contribution < -0.4 is 4.72 Å². The molecule has 1 aromatic carbocycles. The number of unbranched alkanes of at least 4 members (excludes halogenated alkanes) is 1. The molecule has 4 nitrogen and oxygen atoms in total. The molecule has 0 fully saturated rings. The summed E-state index contributed by atoms with van der Waals surface area (Å²) in [6.45, 7) is 1.59. The molecule has 102 valence electrons. The van der Waals surface area contributed by atoms with Crippen molar-refractivity contribution in [1.29, 1.82) is 0 Å². The van der Waals surface area contributed by atoms with Gasteiger partial charge in [-0.15, -0.1) is 0 Å². The van der Waals surface area contributed by atoms with E-state index >= 15 is 0 Å². The number of hydrogen-bond donors (Lipinski definition) is 2. The minimum Gasteiger partial charge on any atom is -0.396 e. The van der Waals surface area contributed by atoms with E-state index in [-0.39, 0.29) is 16.8 Å². The number of nitrogens with one attached hydrogen (secondary N) is 1. The molecule has 0 heterocycles. The Balaban J connectivity index is 2.81. The lowest BCUT2D eigenvalue weighted by Crippen LogP contribution is -2.17. The van der Waals surface area contributed by atoms with Crippen LogP contribution in [-0.2, 0) is 10.0 Å². The van der Waals surface area contributed by atoms with Crippen molar-refractivity contribution in [2.75, 3.05) is 17.1 Å². The third-order valence-electron chi connectivity index (χ3n) is 2.35. The van der Waals surface area contributed by atoms with Crippen LogP contribution in [0.25, 0.3) is 0 Å². The summed E-state index contributed by atoms with van der Waals surface area (Å²) in [7, 11) is -3.46. The van der Waals surface area contributed by atoms with Crippen molar-refractivity contribution in [3.8, 4) is 0 Å². The lowest BCUT2D eigenvalue weighted by molar-refractivity contribution is 0.287. The number of sulfonamides is 1. The molecule has 0 aromatic heterocycles. The summed E-state index contributed by atoms with van der Waals surface area (Å²) in [6, 6.07) is 2.66. The standard InChI is InChI=1S/C11H15BrFNO3S/c1-8-6-10(13)9(12)7-11(8)14-18(16,17)5-3-2-4-15/h6-7,14-15H,2-5H2,1H3. The highest BCUT2D eigenvalue weighted by molar-refractivity contribution is 9.10. The second-order valence-corrected chi connectivity index (χ2v) is 6.63. The zero-order valence-electron chi connectivity index (χ0n) is 9.91. The fraction of sp³-hybridized carbons (Fsp3) is 0.455. The Morgan fingerprint density at radius 3 is 2.67 bits per heavy atom. The van der Waals surface area contributed by atoms with Gasteiger partial charge in [-0.3, -0.25) is 4.72 Å². The van der Waals surface area contributed by atoms with E-state index < -0.39 is 15.8 Å². The fourth-order valence-corrected chi connectivity index (χ4v) is 2.96. The molecule has 0 saturated carbocycles. The summed E-state index contributed by atoms with van der Waals surface area (Å²) < 4.78 is 39.2. The minimum atomic E-state index is -3.46. The summed E-state index contributed by atoms with van der Waals surface area (Å²) in [5.74, 6) is -0.502. The van der Waals surface area contributed by atoms with E-state index in [2.05, 4.69) is 20.7 Å². The SMILES string of the molecule is Cc1cc(F)c(Br)cc1NS(=O)(=O)CCCCO. The predicted octanol–water partition coefficient (Wildman–Crippen LogP) is 2.41. The fourth-order valence-electron chi connectivity index (χ4n) is 1.38. The van der Waals surface area contributed by atoms with E-state index in [9.17, 15) is 12.8 Å². The molecule has 1 aromatic rings. The largest absolute Gasteiger partial charge is 0.396 e. The monoisotopic (exact) mass is 339 g/mol. The van der Waals surface area contributed by atoms with Gasteiger partial charge in [-0.2, -0.15) is 0 Å². The third-order valence-corrected chi connectivity index (χ3v) is 4.32. The number of anilines is 1. The molecule has 0 aliphatic rings. The van der Waals surface area contributed by atoms with Gasteiger partial charge in [0.15, 0.2) is 0 Å². The smallest absolute Gasteiger partial charge is 0.232 e. The first-order valence-electron chi connectivity index (χ1n) is 5.43. The predicted molar refractivity (Wildman–Crippen MR) is 72.6 cm³/mol. The average Bonchev–Trinajstić information content (AvgIpc) is 2.26. The molecule has 7 heteroatoms. The Bertz CT molecular complexity index is 519. The highest BCUT2D eigenvalue weighted by atomic mass is 79.9. The van der Waals surface area contributed by atoms with Gasteiger partial charge in [-0.1, -0.05) is 0 Å². The van der Waals surface area contributed by atoms with Crippen LogP contribution in [0.2, 0.25) is 0 Å². The van der Waals surface area contributed by atoms with E-state index in [1.165, 1.54) is 12.1 Å². The van der Waals surface area contributed by atoms with Crippen molar-refractivity contribution in [3.05, 3.63) is 28.0 Å². The number of benzene rings is 1. The maximum absolute atomic E-state index is 13.2. The quantitative estimate of drug-likeness (QED) is 0.782. The topological polar surface area (TPSA) is 66.4 Å². The van der Waals surface area contributed by atoms with E-state index in [1.54, 1.807) is 6.92 Å². The number of halogens is 2. The summed E-state index contributed by atoms with van der Waals surface area (Å²) in [6.07, 6.45) is 0.820. The molecule has 0 atom stereocenters. The number of hydrogen-bond acceptors (Lipinski definition) is 3. The lowest BCUT2D eigenvalue weighted by atomic mass is 10.2. The first-order valence-corrected chi connectivity index (χ1v) is 7.87. The highest BCUT2D eigenvalue weighted by Gasteiger charge is 2.13. The van der Waals surface area contributed by atoms with Crippen LogP contribution in [-0.4, -0.2) is 25.9 Å². The van der Waals surface area contributed by atoms with Crippen molar-refractivity contribution in [3.63, 3.8) is 0 Å². The Morgan fingerprint density at radius 1 is 1.39 bits per heavy atom. The maximum Gasteiger partial charge on any atom is 0.232 e. The Labute approximate surface area is 114 Å². The van der Waals surface area contributed by atoms with E-state index in [4.69, 9.17) is 5.11 Å². The summed E-state index contributed by atoms with van der Waals surface area (Å²) in [5.41, 5.74) is 0.869. The Kier molecular flexibility index (Phi) is 5.55. The van der Waals surface area contributed by atoms with Gasteiger partial charge < -0.3 is 5.11 Å². The summed E-state index contributed by atoms with van der Waals surface area (Å²) in [4.78, 5) is 0. The molecule has 0 bridgehead atoms. The summed E-state index contributed by atoms with van der Waals surface area (Å²) >= 11 is 3.01. The first kappa shape index (κ1) is 15.4. The zero-order chi connectivity index (χ0) is 13.8. The van der Waals surface area contributed by atoms with Gasteiger partial charge in [-0.05, 0) is 53.4 Å². The number of rotatable bonds is 6. The van der Waals surface area contributed by atoms with Crippen molar-refractivity contribution in [2.24, 2.45) is 0 Å². The second kappa shape index (κ2) is 6.49. The lowest BCUT2D eigenvalue weighted by Gasteiger charge is -2.11. The van der Waals surface area contributed by atoms with Crippen molar-refractivity contribution in [1.82, 2.24) is 0 Å². The summed E-state index contributed by atoms with van der Waals surface area (Å²) in [5, 5.41) is 8.60. The third kappa shape index (κ3) is 4.55. The molecule has 1 rings (SSSR count). The molecule has 0 unspecified atom stereocenters. The van der Waals surface area contributed by atoms with Gasteiger partial charge in [0.1, 0.15) is 5.82 Å². The normalized spacial score (nSPS) is 11.6. The average molecular weight is 340 g/mol. The number of aliphatic hydroxyl groups excluding tert-OH is 1. The number of aliphatic hydroxyl groups is 1. The van der Waals surface area contributed by atoms with E-state index in [0.717, 1.165) is 0 Å². The number of aryl methyl sites for hydroxylation is 1. The van der Waals surface area contributed by atoms with Crippen molar-refractivity contribution >= 4 is 31.6 Å². The molecule has 0 aliphatic heterocycles. The van der Waals surface area contributed by atoms with Gasteiger partial charge in [0.2, 0.25) is 10.0 Å². The van der Waals surface area contributed by atoms with Gasteiger partial charge in [0.05, 0.1) is 15.9 Å².